The Morgan fingerprint density at radius 3 is 0.889 bits per heavy atom. The minimum absolute atomic E-state index is 0. The number of hydrogen-bond acceptors (Lipinski definition) is 4. The summed E-state index contributed by atoms with van der Waals surface area (Å²) in [5, 5.41) is 0. The fraction of sp³-hybridized carbons (Fsp3) is 0. The minimum atomic E-state index is -5.39. The van der Waals surface area contributed by atoms with E-state index in [0.29, 0.717) is 0 Å². The van der Waals surface area contributed by atoms with Gasteiger partial charge in [-0.25, -0.2) is 0 Å². The van der Waals surface area contributed by atoms with E-state index in [1.807, 2.05) is 0 Å². The van der Waals surface area contributed by atoms with E-state index < -0.39 is 7.82 Å². The van der Waals surface area contributed by atoms with Crippen molar-refractivity contribution in [1.29, 1.82) is 0 Å². The molecule has 0 fully saturated rings. The van der Waals surface area contributed by atoms with Crippen LogP contribution in [0.5, 0.6) is 0 Å². The molecule has 9 heteroatoms. The summed E-state index contributed by atoms with van der Waals surface area (Å²) < 4.78 is 8.55. The Morgan fingerprint density at radius 2 is 0.889 bits per heavy atom. The molecule has 0 aliphatic rings. The summed E-state index contributed by atoms with van der Waals surface area (Å²) in [5.74, 6) is 0. The molecule has 0 spiro atoms. The first-order chi connectivity index (χ1) is 2.00. The molecule has 0 atom stereocenters. The van der Waals surface area contributed by atoms with Crippen LogP contribution in [0.1, 0.15) is 0 Å². The van der Waals surface area contributed by atoms with Crippen LogP contribution in [0.15, 0.2) is 0 Å². The third-order valence-electron chi connectivity index (χ3n) is 0. The molecule has 0 saturated heterocycles. The van der Waals surface area contributed by atoms with E-state index in [1.165, 1.54) is 0 Å². The van der Waals surface area contributed by atoms with E-state index in [1.54, 1.807) is 0 Å². The fourth-order valence-corrected chi connectivity index (χ4v) is 0. The van der Waals surface area contributed by atoms with Crippen LogP contribution in [0.4, 0.5) is 0 Å². The molecule has 38 valence electrons. The van der Waals surface area contributed by atoms with E-state index in [4.69, 9.17) is 19.2 Å². The number of phosphoric acid groups is 1. The Labute approximate surface area is 130 Å². The van der Waals surface area contributed by atoms with Gasteiger partial charge < -0.3 is 19.2 Å². The van der Waals surface area contributed by atoms with Crippen molar-refractivity contribution < 1.29 is 108 Å². The SMILES string of the molecule is O=P([O-])([O-])[O-].[AlH3].[Na+].[Na+].[Na+]. The average Bonchev–Trinajstić information content (AvgIpc) is 0.722. The maximum absolute atomic E-state index is 8.55. The monoisotopic (exact) mass is 194 g/mol. The van der Waals surface area contributed by atoms with Crippen molar-refractivity contribution >= 4 is 25.2 Å². The Morgan fingerprint density at radius 1 is 0.889 bits per heavy atom. The zero-order valence-corrected chi connectivity index (χ0v) is 12.0. The predicted molar refractivity (Wildman–Crippen MR) is 17.5 cm³/mol. The zero-order chi connectivity index (χ0) is 4.50. The summed E-state index contributed by atoms with van der Waals surface area (Å²) in [4.78, 5) is 25.6. The van der Waals surface area contributed by atoms with E-state index in [-0.39, 0.29) is 106 Å². The van der Waals surface area contributed by atoms with Gasteiger partial charge in [-0.3, -0.25) is 0 Å². The quantitative estimate of drug-likeness (QED) is 0.283. The second kappa shape index (κ2) is 14.2. The number of rotatable bonds is 0. The van der Waals surface area contributed by atoms with Crippen molar-refractivity contribution in [3.63, 3.8) is 0 Å². The van der Waals surface area contributed by atoms with Gasteiger partial charge in [0.1, 0.15) is 0 Å². The Kier molecular flexibility index (Phi) is 46.2. The average molecular weight is 194 g/mol. The van der Waals surface area contributed by atoms with Gasteiger partial charge in [-0.05, 0) is 0 Å². The summed E-state index contributed by atoms with van der Waals surface area (Å²) in [7, 11) is -5.39. The number of hydrogen-bond donors (Lipinski definition) is 0. The first kappa shape index (κ1) is 29.3. The molecule has 0 radical (unpaired) electrons. The molecule has 0 aromatic carbocycles. The van der Waals surface area contributed by atoms with Crippen LogP contribution in [0.3, 0.4) is 0 Å². The molecule has 0 unspecified atom stereocenters. The Balaban J connectivity index is -0.0000000133. The fourth-order valence-electron chi connectivity index (χ4n) is 0. The molecule has 0 saturated carbocycles. The molecule has 0 aromatic heterocycles. The van der Waals surface area contributed by atoms with Gasteiger partial charge in [0.05, 0.1) is 0 Å². The van der Waals surface area contributed by atoms with Crippen LogP contribution in [0.25, 0.3) is 0 Å². The summed E-state index contributed by atoms with van der Waals surface area (Å²) in [6.45, 7) is 0. The summed E-state index contributed by atoms with van der Waals surface area (Å²) in [6.07, 6.45) is 0. The first-order valence-electron chi connectivity index (χ1n) is 0.730. The topological polar surface area (TPSA) is 86.2 Å². The third kappa shape index (κ3) is 81.6. The van der Waals surface area contributed by atoms with Gasteiger partial charge >= 0.3 is 88.7 Å². The van der Waals surface area contributed by atoms with Gasteiger partial charge in [-0.1, -0.05) is 0 Å². The van der Waals surface area contributed by atoms with Crippen LogP contribution in [0, 0.1) is 0 Å². The zero-order valence-electron chi connectivity index (χ0n) is 5.08. The third-order valence-corrected chi connectivity index (χ3v) is 0. The van der Waals surface area contributed by atoms with Crippen LogP contribution in [0.2, 0.25) is 0 Å². The van der Waals surface area contributed by atoms with E-state index in [2.05, 4.69) is 0 Å². The smallest absolute Gasteiger partial charge is 0.822 e. The molecule has 0 rings (SSSR count). The predicted octanol–water partition coefficient (Wildman–Crippen LogP) is -13.0. The molecule has 0 N–H and O–H groups in total. The second-order valence-electron chi connectivity index (χ2n) is 0.447. The molecule has 0 amide bonds. The summed E-state index contributed by atoms with van der Waals surface area (Å²) in [5.41, 5.74) is 0. The molecule has 9 heavy (non-hydrogen) atoms. The molecular formula is H3AlNa3O4P. The van der Waals surface area contributed by atoms with Crippen LogP contribution in [-0.4, -0.2) is 17.4 Å². The van der Waals surface area contributed by atoms with Gasteiger partial charge in [0.2, 0.25) is 0 Å². The van der Waals surface area contributed by atoms with E-state index >= 15 is 0 Å². The van der Waals surface area contributed by atoms with Gasteiger partial charge in [-0.15, -0.1) is 0 Å². The van der Waals surface area contributed by atoms with E-state index in [9.17, 15) is 0 Å². The van der Waals surface area contributed by atoms with Crippen molar-refractivity contribution in [2.24, 2.45) is 0 Å². The second-order valence-corrected chi connectivity index (χ2v) is 1.34. The van der Waals surface area contributed by atoms with Crippen molar-refractivity contribution in [1.82, 2.24) is 0 Å². The van der Waals surface area contributed by atoms with Crippen molar-refractivity contribution in [2.45, 2.75) is 0 Å². The normalized spacial score (nSPS) is 6.56. The Hall–Kier alpha value is 3.64. The van der Waals surface area contributed by atoms with Gasteiger partial charge in [0.25, 0.3) is 0 Å². The summed E-state index contributed by atoms with van der Waals surface area (Å²) >= 11 is 0. The van der Waals surface area contributed by atoms with Crippen LogP contribution in [-0.2, 0) is 4.57 Å². The minimum Gasteiger partial charge on any atom is -0.822 e. The Bertz CT molecular complexity index is 61.9. The summed E-state index contributed by atoms with van der Waals surface area (Å²) in [6, 6.07) is 0. The van der Waals surface area contributed by atoms with Crippen molar-refractivity contribution in [2.75, 3.05) is 0 Å². The van der Waals surface area contributed by atoms with Gasteiger partial charge in [-0.2, -0.15) is 7.82 Å². The van der Waals surface area contributed by atoms with E-state index in [0.717, 1.165) is 0 Å². The first-order valence-corrected chi connectivity index (χ1v) is 2.19. The molecule has 0 aliphatic heterocycles. The van der Waals surface area contributed by atoms with Crippen LogP contribution < -0.4 is 103 Å². The molecule has 0 aromatic rings. The van der Waals surface area contributed by atoms with Crippen molar-refractivity contribution in [3.8, 4) is 0 Å². The van der Waals surface area contributed by atoms with Gasteiger partial charge in [0.15, 0.2) is 17.4 Å². The van der Waals surface area contributed by atoms with Gasteiger partial charge in [0, 0.05) is 0 Å². The van der Waals surface area contributed by atoms with Crippen LogP contribution >= 0.6 is 7.82 Å². The maximum Gasteiger partial charge on any atom is 1.00 e. The standard InChI is InChI=1S/Al.3Na.H3O4P.3H/c;;;;1-5(2,3)4;;;/h;;;;(H3,1,2,3,4);;;/q;3*+1;;;;/p-3. The molecule has 0 heterocycles. The molecular weight excluding hydrogens is 191 g/mol. The molecule has 0 aliphatic carbocycles. The maximum atomic E-state index is 8.55. The largest absolute Gasteiger partial charge is 1.00 e. The van der Waals surface area contributed by atoms with Crippen molar-refractivity contribution in [3.05, 3.63) is 0 Å². The molecule has 0 bridgehead atoms. The molecule has 4 nitrogen and oxygen atoms in total.